The van der Waals surface area contributed by atoms with Crippen LogP contribution in [0, 0.1) is 0 Å². The predicted octanol–water partition coefficient (Wildman–Crippen LogP) is 19.5. The van der Waals surface area contributed by atoms with E-state index in [2.05, 4.69) is 302 Å². The minimum atomic E-state index is -0.116. The molecule has 0 heterocycles. The lowest BCUT2D eigenvalue weighted by Crippen LogP contribution is -2.16. The first-order chi connectivity index (χ1) is 35.5. The highest BCUT2D eigenvalue weighted by molar-refractivity contribution is 6.25. The molecule has 0 bridgehead atoms. The van der Waals surface area contributed by atoms with E-state index in [-0.39, 0.29) is 5.41 Å². The highest BCUT2D eigenvalue weighted by atomic mass is 15.2. The van der Waals surface area contributed by atoms with Gasteiger partial charge in [0.25, 0.3) is 0 Å². The van der Waals surface area contributed by atoms with Gasteiger partial charge in [-0.15, -0.1) is 0 Å². The number of para-hydroxylation sites is 2. The van der Waals surface area contributed by atoms with Gasteiger partial charge >= 0.3 is 0 Å². The third-order valence-corrected chi connectivity index (χ3v) is 14.8. The maximum atomic E-state index is 2.44. The molecule has 3 heteroatoms. The maximum Gasteiger partial charge on any atom is 0.0482 e. The highest BCUT2D eigenvalue weighted by Crippen LogP contribution is 2.52. The minimum Gasteiger partial charge on any atom is -0.310 e. The Morgan fingerprint density at radius 1 is 0.222 bits per heavy atom. The van der Waals surface area contributed by atoms with Crippen molar-refractivity contribution >= 4 is 83.5 Å². The van der Waals surface area contributed by atoms with Crippen LogP contribution in [0.1, 0.15) is 25.0 Å². The normalized spacial score (nSPS) is 12.4. The van der Waals surface area contributed by atoms with E-state index in [0.29, 0.717) is 0 Å². The zero-order chi connectivity index (χ0) is 48.2. The van der Waals surface area contributed by atoms with Gasteiger partial charge < -0.3 is 14.7 Å². The van der Waals surface area contributed by atoms with E-state index >= 15 is 0 Å². The summed E-state index contributed by atoms with van der Waals surface area (Å²) in [5.74, 6) is 0. The molecule has 0 radical (unpaired) electrons. The molecule has 12 aromatic rings. The maximum absolute atomic E-state index is 2.44. The lowest BCUT2D eigenvalue weighted by atomic mass is 9.82. The van der Waals surface area contributed by atoms with Gasteiger partial charge in [-0.3, -0.25) is 0 Å². The van der Waals surface area contributed by atoms with Crippen LogP contribution in [0.5, 0.6) is 0 Å². The van der Waals surface area contributed by atoms with E-state index in [1.54, 1.807) is 0 Å². The summed E-state index contributed by atoms with van der Waals surface area (Å²) in [5, 5.41) is 7.53. The zero-order valence-corrected chi connectivity index (χ0v) is 40.3. The smallest absolute Gasteiger partial charge is 0.0482 e. The van der Waals surface area contributed by atoms with Crippen molar-refractivity contribution in [2.75, 3.05) is 14.7 Å². The van der Waals surface area contributed by atoms with Crippen LogP contribution in [-0.4, -0.2) is 0 Å². The van der Waals surface area contributed by atoms with Crippen molar-refractivity contribution < 1.29 is 0 Å². The fourth-order valence-corrected chi connectivity index (χ4v) is 11.4. The molecule has 12 aromatic carbocycles. The summed E-state index contributed by atoms with van der Waals surface area (Å²) in [5.41, 5.74) is 17.2. The number of hydrogen-bond acceptors (Lipinski definition) is 3. The molecule has 0 unspecified atom stereocenters. The SMILES string of the molecule is CC1(C)c2ccccc2-c2cc(N(c3cccc(N(c4ccccc4)c4ccc(-c5ccccc5)cc4)c3)c3cccc(N(c4ccccc4)c4ccc5c6ccccc6c6ccccc6c5c4)c3)ccc21. The summed E-state index contributed by atoms with van der Waals surface area (Å²) in [6, 6.07) is 99.6. The predicted molar refractivity (Wildman–Crippen MR) is 306 cm³/mol. The van der Waals surface area contributed by atoms with E-state index in [9.17, 15) is 0 Å². The quantitative estimate of drug-likeness (QED) is 0.127. The molecule has 0 saturated heterocycles. The Kier molecular flexibility index (Phi) is 10.5. The number of nitrogens with zero attached hydrogens (tertiary/aromatic N) is 3. The van der Waals surface area contributed by atoms with Crippen LogP contribution in [0.4, 0.5) is 51.2 Å². The van der Waals surface area contributed by atoms with Crippen LogP contribution in [0.15, 0.2) is 273 Å². The Labute approximate surface area is 421 Å². The molecule has 1 aliphatic rings. The van der Waals surface area contributed by atoms with Gasteiger partial charge in [-0.25, -0.2) is 0 Å². The summed E-state index contributed by atoms with van der Waals surface area (Å²) < 4.78 is 0. The molecular formula is C69H51N3. The topological polar surface area (TPSA) is 9.72 Å². The van der Waals surface area contributed by atoms with Gasteiger partial charge in [-0.05, 0) is 163 Å². The molecule has 0 N–H and O–H groups in total. The Morgan fingerprint density at radius 2 is 0.569 bits per heavy atom. The number of rotatable bonds is 10. The van der Waals surface area contributed by atoms with Gasteiger partial charge in [0.1, 0.15) is 0 Å². The largest absolute Gasteiger partial charge is 0.310 e. The number of anilines is 9. The zero-order valence-electron chi connectivity index (χ0n) is 40.3. The highest BCUT2D eigenvalue weighted by Gasteiger charge is 2.35. The first kappa shape index (κ1) is 42.9. The third-order valence-electron chi connectivity index (χ3n) is 14.8. The molecule has 0 saturated carbocycles. The molecule has 72 heavy (non-hydrogen) atoms. The Balaban J connectivity index is 0.990. The monoisotopic (exact) mass is 921 g/mol. The second-order valence-corrected chi connectivity index (χ2v) is 19.4. The van der Waals surface area contributed by atoms with Crippen molar-refractivity contribution in [3.05, 3.63) is 284 Å². The van der Waals surface area contributed by atoms with E-state index in [1.165, 1.54) is 65.7 Å². The lowest BCUT2D eigenvalue weighted by Gasteiger charge is -2.31. The van der Waals surface area contributed by atoms with Crippen molar-refractivity contribution in [1.29, 1.82) is 0 Å². The first-order valence-electron chi connectivity index (χ1n) is 24.9. The minimum absolute atomic E-state index is 0.116. The fraction of sp³-hybridized carbons (Fsp3) is 0.0435. The van der Waals surface area contributed by atoms with Crippen LogP contribution < -0.4 is 14.7 Å². The molecule has 0 fully saturated rings. The summed E-state index contributed by atoms with van der Waals surface area (Å²) in [6.07, 6.45) is 0. The molecule has 0 aliphatic heterocycles. The number of benzene rings is 12. The summed E-state index contributed by atoms with van der Waals surface area (Å²) in [4.78, 5) is 7.20. The summed E-state index contributed by atoms with van der Waals surface area (Å²) >= 11 is 0. The molecule has 3 nitrogen and oxygen atoms in total. The average Bonchev–Trinajstić information content (AvgIpc) is 3.67. The Hall–Kier alpha value is -9.18. The average molecular weight is 922 g/mol. The van der Waals surface area contributed by atoms with Crippen LogP contribution in [0.25, 0.3) is 54.6 Å². The van der Waals surface area contributed by atoms with Gasteiger partial charge in [-0.2, -0.15) is 0 Å². The third kappa shape index (κ3) is 7.37. The van der Waals surface area contributed by atoms with Crippen molar-refractivity contribution in [3.8, 4) is 22.3 Å². The van der Waals surface area contributed by atoms with Gasteiger partial charge in [-0.1, -0.05) is 190 Å². The Bertz CT molecular complexity index is 3920. The fourth-order valence-electron chi connectivity index (χ4n) is 11.4. The second kappa shape index (κ2) is 17.7. The molecule has 1 aliphatic carbocycles. The molecule has 0 aromatic heterocycles. The van der Waals surface area contributed by atoms with Crippen LogP contribution in [0.3, 0.4) is 0 Å². The van der Waals surface area contributed by atoms with Crippen molar-refractivity contribution in [2.45, 2.75) is 19.3 Å². The summed E-state index contributed by atoms with van der Waals surface area (Å²) in [6.45, 7) is 4.70. The van der Waals surface area contributed by atoms with E-state index in [4.69, 9.17) is 0 Å². The van der Waals surface area contributed by atoms with Crippen LogP contribution in [0.2, 0.25) is 0 Å². The molecule has 342 valence electrons. The van der Waals surface area contributed by atoms with Crippen molar-refractivity contribution in [2.24, 2.45) is 0 Å². The van der Waals surface area contributed by atoms with Gasteiger partial charge in [0.05, 0.1) is 0 Å². The molecule has 0 amide bonds. The van der Waals surface area contributed by atoms with Gasteiger partial charge in [0.15, 0.2) is 0 Å². The standard InChI is InChI=1S/C69H51N3/c1-69(2)67-35-17-16-34-64(67)66-47-58(41-43-68(66)69)72(55-28-18-26-53(44-55)70(50-22-8-4-9-23-50)52-38-36-49(37-39-52)48-20-6-3-7-21-48)56-29-19-27-54(45-56)71(51-24-10-5-11-25-51)57-40-42-63-61-32-13-12-30-59(61)60-31-14-15-33-62(60)65(63)46-57/h3-47H,1-2H3. The Morgan fingerprint density at radius 3 is 1.14 bits per heavy atom. The molecular weight excluding hydrogens is 871 g/mol. The van der Waals surface area contributed by atoms with E-state index in [1.807, 2.05) is 0 Å². The second-order valence-electron chi connectivity index (χ2n) is 19.4. The first-order valence-corrected chi connectivity index (χ1v) is 24.9. The summed E-state index contributed by atoms with van der Waals surface area (Å²) in [7, 11) is 0. The van der Waals surface area contributed by atoms with Crippen LogP contribution in [-0.2, 0) is 5.41 Å². The number of hydrogen-bond donors (Lipinski definition) is 0. The van der Waals surface area contributed by atoms with Crippen molar-refractivity contribution in [3.63, 3.8) is 0 Å². The number of fused-ring (bicyclic) bond motifs is 9. The van der Waals surface area contributed by atoms with Crippen molar-refractivity contribution in [1.82, 2.24) is 0 Å². The van der Waals surface area contributed by atoms with Gasteiger partial charge in [0, 0.05) is 56.6 Å². The molecule has 0 atom stereocenters. The lowest BCUT2D eigenvalue weighted by molar-refractivity contribution is 0.660. The van der Waals surface area contributed by atoms with E-state index in [0.717, 1.165) is 51.2 Å². The van der Waals surface area contributed by atoms with E-state index < -0.39 is 0 Å². The molecule has 0 spiro atoms. The van der Waals surface area contributed by atoms with Crippen LogP contribution >= 0.6 is 0 Å². The molecule has 13 rings (SSSR count). The van der Waals surface area contributed by atoms with Gasteiger partial charge in [0.2, 0.25) is 0 Å².